The molecule has 3 heterocycles. The van der Waals surface area contributed by atoms with Gasteiger partial charge in [-0.05, 0) is 44.6 Å². The summed E-state index contributed by atoms with van der Waals surface area (Å²) in [5.41, 5.74) is 1.41. The maximum absolute atomic E-state index is 13.3. The van der Waals surface area contributed by atoms with E-state index in [9.17, 15) is 14.4 Å². The number of benzene rings is 1. The molecule has 2 aliphatic rings. The maximum Gasteiger partial charge on any atom is 0.259 e. The van der Waals surface area contributed by atoms with Crippen LogP contribution in [-0.4, -0.2) is 52.8 Å². The number of nitrogens with zero attached hydrogens (tertiary/aromatic N) is 2. The summed E-state index contributed by atoms with van der Waals surface area (Å²) in [6, 6.07) is 11.8. The van der Waals surface area contributed by atoms with Crippen LogP contribution in [0.1, 0.15) is 47.3 Å². The molecule has 0 saturated carbocycles. The number of amides is 2. The van der Waals surface area contributed by atoms with Gasteiger partial charge in [0.2, 0.25) is 5.91 Å². The Balaban J connectivity index is 1.39. The first kappa shape index (κ1) is 20.4. The highest BCUT2D eigenvalue weighted by Gasteiger charge is 2.49. The molecule has 30 heavy (non-hydrogen) atoms. The van der Waals surface area contributed by atoms with Crippen molar-refractivity contribution in [1.82, 2.24) is 14.8 Å². The van der Waals surface area contributed by atoms with Crippen LogP contribution in [0.25, 0.3) is 0 Å². The summed E-state index contributed by atoms with van der Waals surface area (Å²) < 4.78 is 0. The summed E-state index contributed by atoms with van der Waals surface area (Å²) in [6.45, 7) is 4.26. The quantitative estimate of drug-likeness (QED) is 0.828. The Hall–Kier alpha value is -2.89. The van der Waals surface area contributed by atoms with Crippen molar-refractivity contribution in [3.8, 4) is 0 Å². The Bertz CT molecular complexity index is 985. The van der Waals surface area contributed by atoms with E-state index in [1.165, 1.54) is 17.8 Å². The molecule has 6 heteroatoms. The number of likely N-dealkylation sites (tertiary alicyclic amines) is 2. The molecule has 1 aromatic carbocycles. The molecule has 4 rings (SSSR count). The standard InChI is InChI=1S/C24H29N3O3/c1-18-15-21(28)20(16-25-18)22(29)27-14-11-24(17-27)10-6-13-26(23(24)30)12-5-9-19-7-3-2-4-8-19/h2-4,7-8,15-16H,5-6,9-14,17H2,1H3,(H,25,28). The van der Waals surface area contributed by atoms with Gasteiger partial charge in [0.1, 0.15) is 5.56 Å². The van der Waals surface area contributed by atoms with Gasteiger partial charge in [0.25, 0.3) is 5.91 Å². The molecule has 2 fully saturated rings. The molecule has 2 aliphatic heterocycles. The lowest BCUT2D eigenvalue weighted by atomic mass is 9.78. The molecule has 1 aromatic heterocycles. The summed E-state index contributed by atoms with van der Waals surface area (Å²) in [4.78, 5) is 45.1. The predicted molar refractivity (Wildman–Crippen MR) is 115 cm³/mol. The second-order valence-corrected chi connectivity index (χ2v) is 8.64. The van der Waals surface area contributed by atoms with E-state index in [1.54, 1.807) is 11.8 Å². The monoisotopic (exact) mass is 407 g/mol. The Labute approximate surface area is 176 Å². The van der Waals surface area contributed by atoms with E-state index in [1.807, 2.05) is 23.1 Å². The number of carbonyl (C=O) groups excluding carboxylic acids is 2. The van der Waals surface area contributed by atoms with Gasteiger partial charge in [-0.1, -0.05) is 30.3 Å². The number of carbonyl (C=O) groups is 2. The fraction of sp³-hybridized carbons (Fsp3) is 0.458. The van der Waals surface area contributed by atoms with E-state index in [-0.39, 0.29) is 22.8 Å². The zero-order valence-corrected chi connectivity index (χ0v) is 17.5. The van der Waals surface area contributed by atoms with Gasteiger partial charge >= 0.3 is 0 Å². The third kappa shape index (κ3) is 4.04. The highest BCUT2D eigenvalue weighted by molar-refractivity contribution is 5.95. The van der Waals surface area contributed by atoms with Gasteiger partial charge in [0.15, 0.2) is 5.43 Å². The SMILES string of the molecule is Cc1cc(=O)c(C(=O)N2CCC3(CCCN(CCCc4ccccc4)C3=O)C2)c[nH]1. The van der Waals surface area contributed by atoms with E-state index >= 15 is 0 Å². The first-order chi connectivity index (χ1) is 14.5. The third-order valence-electron chi connectivity index (χ3n) is 6.49. The first-order valence-electron chi connectivity index (χ1n) is 10.8. The minimum atomic E-state index is -0.488. The van der Waals surface area contributed by atoms with Crippen molar-refractivity contribution < 1.29 is 9.59 Å². The van der Waals surface area contributed by atoms with Gasteiger partial charge in [0, 0.05) is 44.1 Å². The molecule has 0 bridgehead atoms. The van der Waals surface area contributed by atoms with Crippen LogP contribution in [0.2, 0.25) is 0 Å². The number of pyridine rings is 1. The lowest BCUT2D eigenvalue weighted by Gasteiger charge is -2.39. The zero-order valence-electron chi connectivity index (χ0n) is 17.5. The Morgan fingerprint density at radius 3 is 2.70 bits per heavy atom. The van der Waals surface area contributed by atoms with Crippen molar-refractivity contribution >= 4 is 11.8 Å². The molecular weight excluding hydrogens is 378 g/mol. The molecule has 1 N–H and O–H groups in total. The van der Waals surface area contributed by atoms with Crippen LogP contribution in [0.4, 0.5) is 0 Å². The molecule has 0 aliphatic carbocycles. The Morgan fingerprint density at radius 2 is 1.93 bits per heavy atom. The fourth-order valence-electron chi connectivity index (χ4n) is 4.82. The fourth-order valence-corrected chi connectivity index (χ4v) is 4.82. The highest BCUT2D eigenvalue weighted by Crippen LogP contribution is 2.40. The minimum absolute atomic E-state index is 0.153. The number of hydrogen-bond acceptors (Lipinski definition) is 3. The van der Waals surface area contributed by atoms with E-state index in [2.05, 4.69) is 17.1 Å². The third-order valence-corrected chi connectivity index (χ3v) is 6.49. The maximum atomic E-state index is 13.3. The number of rotatable bonds is 5. The van der Waals surface area contributed by atoms with Crippen molar-refractivity contribution in [2.45, 2.75) is 39.0 Å². The van der Waals surface area contributed by atoms with E-state index in [0.717, 1.165) is 44.5 Å². The predicted octanol–water partition coefficient (Wildman–Crippen LogP) is 2.77. The van der Waals surface area contributed by atoms with Crippen LogP contribution < -0.4 is 5.43 Å². The van der Waals surface area contributed by atoms with Gasteiger partial charge in [0.05, 0.1) is 5.41 Å². The molecule has 2 amide bonds. The van der Waals surface area contributed by atoms with Gasteiger partial charge in [-0.2, -0.15) is 0 Å². The van der Waals surface area contributed by atoms with Crippen molar-refractivity contribution in [3.05, 3.63) is 69.6 Å². The lowest BCUT2D eigenvalue weighted by Crippen LogP contribution is -2.50. The summed E-state index contributed by atoms with van der Waals surface area (Å²) >= 11 is 0. The van der Waals surface area contributed by atoms with Crippen molar-refractivity contribution in [3.63, 3.8) is 0 Å². The normalized spacial score (nSPS) is 21.4. The van der Waals surface area contributed by atoms with Crippen LogP contribution in [0, 0.1) is 12.3 Å². The number of nitrogens with one attached hydrogen (secondary N) is 1. The Morgan fingerprint density at radius 1 is 1.13 bits per heavy atom. The van der Waals surface area contributed by atoms with Crippen LogP contribution in [0.15, 0.2) is 47.4 Å². The number of aromatic amines is 1. The minimum Gasteiger partial charge on any atom is -0.364 e. The van der Waals surface area contributed by atoms with Gasteiger partial charge in [-0.3, -0.25) is 14.4 Å². The van der Waals surface area contributed by atoms with E-state index < -0.39 is 5.41 Å². The van der Waals surface area contributed by atoms with Crippen molar-refractivity contribution in [2.24, 2.45) is 5.41 Å². The van der Waals surface area contributed by atoms with Gasteiger partial charge in [-0.25, -0.2) is 0 Å². The van der Waals surface area contributed by atoms with E-state index in [0.29, 0.717) is 19.5 Å². The summed E-state index contributed by atoms with van der Waals surface area (Å²) in [7, 11) is 0. The number of aromatic nitrogens is 1. The average Bonchev–Trinajstić information content (AvgIpc) is 3.17. The molecule has 1 unspecified atom stereocenters. The second kappa shape index (κ2) is 8.46. The summed E-state index contributed by atoms with van der Waals surface area (Å²) in [5, 5.41) is 0. The van der Waals surface area contributed by atoms with Gasteiger partial charge < -0.3 is 14.8 Å². The van der Waals surface area contributed by atoms with Crippen molar-refractivity contribution in [1.29, 1.82) is 0 Å². The van der Waals surface area contributed by atoms with E-state index in [4.69, 9.17) is 0 Å². The van der Waals surface area contributed by atoms with Gasteiger partial charge in [-0.15, -0.1) is 0 Å². The largest absolute Gasteiger partial charge is 0.364 e. The number of H-pyrrole nitrogens is 1. The Kier molecular flexibility index (Phi) is 5.75. The van der Waals surface area contributed by atoms with Crippen LogP contribution >= 0.6 is 0 Å². The molecular formula is C24H29N3O3. The second-order valence-electron chi connectivity index (χ2n) is 8.64. The number of hydrogen-bond donors (Lipinski definition) is 1. The first-order valence-corrected chi connectivity index (χ1v) is 10.8. The van der Waals surface area contributed by atoms with Crippen LogP contribution in [-0.2, 0) is 11.2 Å². The zero-order chi connectivity index (χ0) is 21.1. The molecule has 158 valence electrons. The molecule has 2 aromatic rings. The molecule has 2 saturated heterocycles. The van der Waals surface area contributed by atoms with Crippen LogP contribution in [0.3, 0.4) is 0 Å². The number of aryl methyl sites for hydroxylation is 2. The summed E-state index contributed by atoms with van der Waals surface area (Å²) in [5.74, 6) is -0.1000. The van der Waals surface area contributed by atoms with Crippen molar-refractivity contribution in [2.75, 3.05) is 26.2 Å². The molecule has 1 atom stereocenters. The topological polar surface area (TPSA) is 73.5 Å². The molecule has 0 radical (unpaired) electrons. The average molecular weight is 408 g/mol. The highest BCUT2D eigenvalue weighted by atomic mass is 16.2. The summed E-state index contributed by atoms with van der Waals surface area (Å²) in [6.07, 6.45) is 5.84. The molecule has 6 nitrogen and oxygen atoms in total. The lowest BCUT2D eigenvalue weighted by molar-refractivity contribution is -0.145. The number of piperidine rings is 1. The molecule has 1 spiro atoms. The van der Waals surface area contributed by atoms with Crippen LogP contribution in [0.5, 0.6) is 0 Å². The smallest absolute Gasteiger partial charge is 0.259 e.